The van der Waals surface area contributed by atoms with Crippen LogP contribution in [0.4, 0.5) is 5.69 Å². The minimum Gasteiger partial charge on any atom is -0.276 e. The Hall–Kier alpha value is -0.720. The molecule has 1 aromatic carbocycles. The second-order valence-electron chi connectivity index (χ2n) is 4.10. The van der Waals surface area contributed by atoms with Gasteiger partial charge in [0.1, 0.15) is 4.90 Å². The van der Waals surface area contributed by atoms with Gasteiger partial charge in [0.25, 0.3) is 10.0 Å². The molecular weight excluding hydrogens is 378 g/mol. The van der Waals surface area contributed by atoms with Gasteiger partial charge in [0, 0.05) is 11.2 Å². The third-order valence-electron chi connectivity index (χ3n) is 2.58. The number of rotatable bonds is 3. The summed E-state index contributed by atoms with van der Waals surface area (Å²) in [6.45, 7) is 1.69. The van der Waals surface area contributed by atoms with Crippen molar-refractivity contribution >= 4 is 62.1 Å². The van der Waals surface area contributed by atoms with E-state index in [1.54, 1.807) is 13.0 Å². The molecule has 2 rings (SSSR count). The molecule has 0 saturated carbocycles. The van der Waals surface area contributed by atoms with Gasteiger partial charge in [-0.2, -0.15) is 0 Å². The summed E-state index contributed by atoms with van der Waals surface area (Å²) in [6.07, 6.45) is 1.47. The number of hydrogen-bond donors (Lipinski definition) is 1. The highest BCUT2D eigenvalue weighted by atomic mass is 35.5. The van der Waals surface area contributed by atoms with E-state index < -0.39 is 10.0 Å². The molecule has 0 fully saturated rings. The molecule has 0 aliphatic heterocycles. The predicted octanol–water partition coefficient (Wildman–Crippen LogP) is 4.80. The SMILES string of the molecule is Cc1ccnc(Cl)c1NS(=O)(=O)c1c(Cl)cc(Cl)cc1Cl. The van der Waals surface area contributed by atoms with Gasteiger partial charge in [0.15, 0.2) is 5.15 Å². The highest BCUT2D eigenvalue weighted by molar-refractivity contribution is 7.93. The highest BCUT2D eigenvalue weighted by Gasteiger charge is 2.24. The van der Waals surface area contributed by atoms with Gasteiger partial charge < -0.3 is 0 Å². The van der Waals surface area contributed by atoms with Crippen LogP contribution in [-0.4, -0.2) is 13.4 Å². The van der Waals surface area contributed by atoms with Crippen molar-refractivity contribution in [1.82, 2.24) is 4.98 Å². The van der Waals surface area contributed by atoms with Crippen molar-refractivity contribution in [3.63, 3.8) is 0 Å². The van der Waals surface area contributed by atoms with Crippen LogP contribution in [-0.2, 0) is 10.0 Å². The van der Waals surface area contributed by atoms with Gasteiger partial charge in [-0.1, -0.05) is 46.4 Å². The van der Waals surface area contributed by atoms with Crippen LogP contribution >= 0.6 is 46.4 Å². The van der Waals surface area contributed by atoms with Crippen LogP contribution < -0.4 is 4.72 Å². The average molecular weight is 386 g/mol. The molecule has 4 nitrogen and oxygen atoms in total. The van der Waals surface area contributed by atoms with Crippen LogP contribution in [0.25, 0.3) is 0 Å². The largest absolute Gasteiger partial charge is 0.276 e. The first-order valence-corrected chi connectivity index (χ1v) is 8.50. The molecule has 1 heterocycles. The van der Waals surface area contributed by atoms with Gasteiger partial charge >= 0.3 is 0 Å². The number of aromatic nitrogens is 1. The number of hydrogen-bond acceptors (Lipinski definition) is 3. The summed E-state index contributed by atoms with van der Waals surface area (Å²) in [4.78, 5) is 3.56. The van der Waals surface area contributed by atoms with Gasteiger partial charge in [-0.3, -0.25) is 4.72 Å². The lowest BCUT2D eigenvalue weighted by Crippen LogP contribution is -2.15. The van der Waals surface area contributed by atoms with Crippen LogP contribution in [0.2, 0.25) is 20.2 Å². The molecule has 21 heavy (non-hydrogen) atoms. The molecule has 1 N–H and O–H groups in total. The topological polar surface area (TPSA) is 59.1 Å². The molecular formula is C12H8Cl4N2O2S. The standard InChI is InChI=1S/C12H8Cl4N2O2S/c1-6-2-3-17-12(16)10(6)18-21(19,20)11-8(14)4-7(13)5-9(11)15/h2-5,18H,1H3. The summed E-state index contributed by atoms with van der Waals surface area (Å²) < 4.78 is 27.2. The molecule has 0 amide bonds. The molecule has 0 aliphatic rings. The lowest BCUT2D eigenvalue weighted by molar-refractivity contribution is 0.601. The summed E-state index contributed by atoms with van der Waals surface area (Å²) in [5.41, 5.74) is 0.779. The van der Waals surface area contributed by atoms with Crippen molar-refractivity contribution in [2.24, 2.45) is 0 Å². The summed E-state index contributed by atoms with van der Waals surface area (Å²) in [5.74, 6) is 0. The molecule has 0 spiro atoms. The van der Waals surface area contributed by atoms with Gasteiger partial charge in [0.2, 0.25) is 0 Å². The quantitative estimate of drug-likeness (QED) is 0.771. The number of nitrogens with one attached hydrogen (secondary N) is 1. The normalized spacial score (nSPS) is 11.5. The number of halogens is 4. The summed E-state index contributed by atoms with van der Waals surface area (Å²) in [7, 11) is -4.03. The first kappa shape index (κ1) is 16.6. The van der Waals surface area contributed by atoms with E-state index in [4.69, 9.17) is 46.4 Å². The third kappa shape index (κ3) is 3.55. The first-order valence-electron chi connectivity index (χ1n) is 5.51. The fraction of sp³-hybridized carbons (Fsp3) is 0.0833. The summed E-state index contributed by atoms with van der Waals surface area (Å²) in [5, 5.41) is 0.0923. The van der Waals surface area contributed by atoms with Crippen LogP contribution in [0.15, 0.2) is 29.3 Å². The Kier molecular flexibility index (Phi) is 4.90. The Morgan fingerprint density at radius 2 is 1.67 bits per heavy atom. The molecule has 0 radical (unpaired) electrons. The van der Waals surface area contributed by atoms with Gasteiger partial charge in [-0.25, -0.2) is 13.4 Å². The number of nitrogens with zero attached hydrogens (tertiary/aromatic N) is 1. The molecule has 2 aromatic rings. The maximum atomic E-state index is 12.4. The number of sulfonamides is 1. The van der Waals surface area contributed by atoms with E-state index in [9.17, 15) is 8.42 Å². The lowest BCUT2D eigenvalue weighted by atomic mass is 10.3. The molecule has 0 bridgehead atoms. The highest BCUT2D eigenvalue weighted by Crippen LogP contribution is 2.35. The minimum atomic E-state index is -4.03. The average Bonchev–Trinajstić information content (AvgIpc) is 2.32. The number of pyridine rings is 1. The van der Waals surface area contributed by atoms with Crippen molar-refractivity contribution in [2.75, 3.05) is 4.72 Å². The molecule has 112 valence electrons. The van der Waals surface area contributed by atoms with Crippen molar-refractivity contribution in [3.05, 3.63) is 50.2 Å². The molecule has 0 aliphatic carbocycles. The fourth-order valence-corrected chi connectivity index (χ4v) is 4.61. The first-order chi connectivity index (χ1) is 9.72. The number of aryl methyl sites for hydroxylation is 1. The van der Waals surface area contributed by atoms with Crippen LogP contribution in [0.3, 0.4) is 0 Å². The minimum absolute atomic E-state index is 0.0276. The Labute approximate surface area is 142 Å². The molecule has 1 aromatic heterocycles. The van der Waals surface area contributed by atoms with E-state index in [-0.39, 0.29) is 30.8 Å². The molecule has 0 unspecified atom stereocenters. The molecule has 9 heteroatoms. The van der Waals surface area contributed by atoms with E-state index in [2.05, 4.69) is 9.71 Å². The summed E-state index contributed by atoms with van der Waals surface area (Å²) in [6, 6.07) is 4.21. The van der Waals surface area contributed by atoms with E-state index >= 15 is 0 Å². The van der Waals surface area contributed by atoms with Crippen LogP contribution in [0.1, 0.15) is 5.56 Å². The van der Waals surface area contributed by atoms with Gasteiger partial charge in [-0.05, 0) is 30.7 Å². The predicted molar refractivity (Wildman–Crippen MR) is 86.3 cm³/mol. The van der Waals surface area contributed by atoms with E-state index in [1.165, 1.54) is 18.3 Å². The van der Waals surface area contributed by atoms with Crippen molar-refractivity contribution in [1.29, 1.82) is 0 Å². The second-order valence-corrected chi connectivity index (χ2v) is 7.33. The zero-order chi connectivity index (χ0) is 15.8. The Morgan fingerprint density at radius 3 is 2.19 bits per heavy atom. The number of benzene rings is 1. The van der Waals surface area contributed by atoms with E-state index in [0.29, 0.717) is 5.56 Å². The van der Waals surface area contributed by atoms with E-state index in [1.807, 2.05) is 0 Å². The molecule has 0 saturated heterocycles. The van der Waals surface area contributed by atoms with Crippen molar-refractivity contribution < 1.29 is 8.42 Å². The lowest BCUT2D eigenvalue weighted by Gasteiger charge is -2.13. The van der Waals surface area contributed by atoms with Crippen LogP contribution in [0.5, 0.6) is 0 Å². The monoisotopic (exact) mass is 384 g/mol. The Morgan fingerprint density at radius 1 is 1.10 bits per heavy atom. The maximum absolute atomic E-state index is 12.4. The van der Waals surface area contributed by atoms with Crippen LogP contribution in [0, 0.1) is 6.92 Å². The number of anilines is 1. The van der Waals surface area contributed by atoms with Gasteiger partial charge in [0.05, 0.1) is 15.7 Å². The smallest absolute Gasteiger partial charge is 0.264 e. The zero-order valence-corrected chi connectivity index (χ0v) is 14.3. The van der Waals surface area contributed by atoms with Crippen molar-refractivity contribution in [3.8, 4) is 0 Å². The Bertz CT molecular complexity index is 766. The Balaban J connectivity index is 2.54. The maximum Gasteiger partial charge on any atom is 0.264 e. The zero-order valence-electron chi connectivity index (χ0n) is 10.5. The third-order valence-corrected chi connectivity index (χ3v) is 5.36. The van der Waals surface area contributed by atoms with E-state index in [0.717, 1.165) is 0 Å². The summed E-state index contributed by atoms with van der Waals surface area (Å²) >= 11 is 23.5. The fourth-order valence-electron chi connectivity index (χ4n) is 1.62. The van der Waals surface area contributed by atoms with Crippen molar-refractivity contribution in [2.45, 2.75) is 11.8 Å². The molecule has 0 atom stereocenters. The second kappa shape index (κ2) is 6.18. The van der Waals surface area contributed by atoms with Gasteiger partial charge in [-0.15, -0.1) is 0 Å².